The van der Waals surface area contributed by atoms with E-state index in [4.69, 9.17) is 16.3 Å². The van der Waals surface area contributed by atoms with E-state index in [1.807, 2.05) is 36.1 Å². The molecule has 1 aromatic carbocycles. The highest BCUT2D eigenvalue weighted by atomic mass is 35.5. The number of hydrogen-bond acceptors (Lipinski definition) is 2. The van der Waals surface area contributed by atoms with Crippen molar-refractivity contribution in [2.24, 2.45) is 5.92 Å². The van der Waals surface area contributed by atoms with Crippen molar-refractivity contribution in [3.05, 3.63) is 29.8 Å². The number of carbonyl (C=O) groups is 1. The molecule has 1 unspecified atom stereocenters. The zero-order chi connectivity index (χ0) is 13.0. The van der Waals surface area contributed by atoms with Crippen LogP contribution in [0.15, 0.2) is 24.3 Å². The summed E-state index contributed by atoms with van der Waals surface area (Å²) in [4.78, 5) is 14.3. The number of para-hydroxylation sites is 1. The largest absolute Gasteiger partial charge is 0.493 e. The van der Waals surface area contributed by atoms with Crippen LogP contribution in [0.5, 0.6) is 5.75 Å². The topological polar surface area (TPSA) is 29.5 Å². The normalized spacial score (nSPS) is 19.0. The van der Waals surface area contributed by atoms with Crippen molar-refractivity contribution in [1.29, 1.82) is 0 Å². The van der Waals surface area contributed by atoms with Crippen LogP contribution in [-0.2, 0) is 0 Å². The molecule has 4 heteroatoms. The number of likely N-dealkylation sites (tertiary alicyclic amines) is 1. The lowest BCUT2D eigenvalue weighted by atomic mass is 10.1. The minimum Gasteiger partial charge on any atom is -0.493 e. The van der Waals surface area contributed by atoms with Gasteiger partial charge in [-0.15, -0.1) is 11.6 Å². The molecule has 0 aromatic heterocycles. The second kappa shape index (κ2) is 6.10. The lowest BCUT2D eigenvalue weighted by Crippen LogP contribution is -2.29. The van der Waals surface area contributed by atoms with Gasteiger partial charge >= 0.3 is 0 Å². The van der Waals surface area contributed by atoms with E-state index in [2.05, 4.69) is 0 Å². The van der Waals surface area contributed by atoms with Crippen LogP contribution in [0.1, 0.15) is 23.7 Å². The number of nitrogens with zero attached hydrogens (tertiary/aromatic N) is 1. The minimum atomic E-state index is 0.0478. The summed E-state index contributed by atoms with van der Waals surface area (Å²) in [5, 5.41) is 0. The van der Waals surface area contributed by atoms with Crippen molar-refractivity contribution >= 4 is 17.5 Å². The van der Waals surface area contributed by atoms with Gasteiger partial charge in [-0.3, -0.25) is 4.79 Å². The smallest absolute Gasteiger partial charge is 0.257 e. The van der Waals surface area contributed by atoms with E-state index in [-0.39, 0.29) is 5.91 Å². The molecule has 2 rings (SSSR count). The molecule has 98 valence electrons. The third-order valence-electron chi connectivity index (χ3n) is 3.21. The number of amides is 1. The molecule has 0 bridgehead atoms. The van der Waals surface area contributed by atoms with Crippen LogP contribution in [0.3, 0.4) is 0 Å². The van der Waals surface area contributed by atoms with Crippen LogP contribution in [0, 0.1) is 5.92 Å². The number of carbonyl (C=O) groups excluding carboxylic acids is 1. The minimum absolute atomic E-state index is 0.0478. The second-order valence-corrected chi connectivity index (χ2v) is 4.80. The van der Waals surface area contributed by atoms with Gasteiger partial charge < -0.3 is 9.64 Å². The van der Waals surface area contributed by atoms with E-state index >= 15 is 0 Å². The molecular weight excluding hydrogens is 250 g/mol. The lowest BCUT2D eigenvalue weighted by Gasteiger charge is -2.18. The fourth-order valence-corrected chi connectivity index (χ4v) is 2.49. The molecule has 1 fully saturated rings. The summed E-state index contributed by atoms with van der Waals surface area (Å²) in [5.41, 5.74) is 0.648. The first-order valence-electron chi connectivity index (χ1n) is 6.33. The fraction of sp³-hybridized carbons (Fsp3) is 0.500. The van der Waals surface area contributed by atoms with Gasteiger partial charge in [0.05, 0.1) is 12.2 Å². The Morgan fingerprint density at radius 1 is 1.50 bits per heavy atom. The summed E-state index contributed by atoms with van der Waals surface area (Å²) < 4.78 is 5.50. The van der Waals surface area contributed by atoms with Gasteiger partial charge in [0.25, 0.3) is 5.91 Å². The first-order valence-corrected chi connectivity index (χ1v) is 6.86. The Balaban J connectivity index is 2.14. The molecule has 1 saturated heterocycles. The third-order valence-corrected chi connectivity index (χ3v) is 3.65. The first-order chi connectivity index (χ1) is 8.76. The van der Waals surface area contributed by atoms with Gasteiger partial charge in [-0.05, 0) is 31.4 Å². The number of alkyl halides is 1. The van der Waals surface area contributed by atoms with Gasteiger partial charge in [0, 0.05) is 19.0 Å². The predicted octanol–water partition coefficient (Wildman–Crippen LogP) is 2.79. The first kappa shape index (κ1) is 13.2. The van der Waals surface area contributed by atoms with Crippen molar-refractivity contribution in [3.8, 4) is 5.75 Å². The molecular formula is C14H18ClNO2. The summed E-state index contributed by atoms with van der Waals surface area (Å²) in [7, 11) is 0. The van der Waals surface area contributed by atoms with E-state index < -0.39 is 0 Å². The van der Waals surface area contributed by atoms with E-state index in [1.54, 1.807) is 0 Å². The van der Waals surface area contributed by atoms with Crippen molar-refractivity contribution in [2.75, 3.05) is 25.6 Å². The van der Waals surface area contributed by atoms with Crippen molar-refractivity contribution in [2.45, 2.75) is 13.3 Å². The number of rotatable bonds is 4. The number of benzene rings is 1. The van der Waals surface area contributed by atoms with Crippen LogP contribution in [0.4, 0.5) is 0 Å². The lowest BCUT2D eigenvalue weighted by molar-refractivity contribution is 0.0784. The molecule has 0 saturated carbocycles. The highest BCUT2D eigenvalue weighted by Crippen LogP contribution is 2.24. The highest BCUT2D eigenvalue weighted by molar-refractivity contribution is 6.18. The number of halogens is 1. The molecule has 1 amide bonds. The summed E-state index contributed by atoms with van der Waals surface area (Å²) >= 11 is 5.84. The Labute approximate surface area is 113 Å². The van der Waals surface area contributed by atoms with Crippen molar-refractivity contribution in [1.82, 2.24) is 4.90 Å². The maximum atomic E-state index is 12.4. The van der Waals surface area contributed by atoms with Crippen LogP contribution >= 0.6 is 11.6 Å². The van der Waals surface area contributed by atoms with Gasteiger partial charge in [-0.25, -0.2) is 0 Å². The van der Waals surface area contributed by atoms with Crippen LogP contribution in [0.2, 0.25) is 0 Å². The Morgan fingerprint density at radius 3 is 2.94 bits per heavy atom. The maximum absolute atomic E-state index is 12.4. The molecule has 0 radical (unpaired) electrons. The van der Waals surface area contributed by atoms with E-state index in [9.17, 15) is 4.79 Å². The van der Waals surface area contributed by atoms with Gasteiger partial charge in [0.15, 0.2) is 0 Å². The quantitative estimate of drug-likeness (QED) is 0.785. The Bertz CT molecular complexity index is 422. The Hall–Kier alpha value is -1.22. The standard InChI is InChI=1S/C14H18ClNO2/c1-2-18-13-6-4-3-5-12(13)14(17)16-8-7-11(9-15)10-16/h3-6,11H,2,7-10H2,1H3. The molecule has 1 atom stereocenters. The summed E-state index contributed by atoms with van der Waals surface area (Å²) in [6.45, 7) is 4.02. The van der Waals surface area contributed by atoms with E-state index in [0.29, 0.717) is 29.7 Å². The average molecular weight is 268 g/mol. The fourth-order valence-electron chi connectivity index (χ4n) is 2.24. The molecule has 18 heavy (non-hydrogen) atoms. The monoisotopic (exact) mass is 267 g/mol. The summed E-state index contributed by atoms with van der Waals surface area (Å²) in [6, 6.07) is 7.41. The van der Waals surface area contributed by atoms with Crippen LogP contribution in [0.25, 0.3) is 0 Å². The Morgan fingerprint density at radius 2 is 2.28 bits per heavy atom. The van der Waals surface area contributed by atoms with Gasteiger partial charge in [0.2, 0.25) is 0 Å². The molecule has 0 N–H and O–H groups in total. The number of ether oxygens (including phenoxy) is 1. The van der Waals surface area contributed by atoms with E-state index in [1.165, 1.54) is 0 Å². The maximum Gasteiger partial charge on any atom is 0.257 e. The van der Waals surface area contributed by atoms with E-state index in [0.717, 1.165) is 19.5 Å². The zero-order valence-corrected chi connectivity index (χ0v) is 11.3. The molecule has 3 nitrogen and oxygen atoms in total. The molecule has 1 aromatic rings. The average Bonchev–Trinajstić information content (AvgIpc) is 2.88. The summed E-state index contributed by atoms with van der Waals surface area (Å²) in [5.74, 6) is 1.76. The second-order valence-electron chi connectivity index (χ2n) is 4.49. The van der Waals surface area contributed by atoms with Crippen molar-refractivity contribution in [3.63, 3.8) is 0 Å². The molecule has 1 aliphatic heterocycles. The predicted molar refractivity (Wildman–Crippen MR) is 72.3 cm³/mol. The molecule has 1 heterocycles. The third kappa shape index (κ3) is 2.78. The SMILES string of the molecule is CCOc1ccccc1C(=O)N1CCC(CCl)C1. The van der Waals surface area contributed by atoms with Crippen LogP contribution in [-0.4, -0.2) is 36.4 Å². The van der Waals surface area contributed by atoms with Gasteiger partial charge in [0.1, 0.15) is 5.75 Å². The zero-order valence-electron chi connectivity index (χ0n) is 10.6. The molecule has 0 spiro atoms. The van der Waals surface area contributed by atoms with Crippen LogP contribution < -0.4 is 4.74 Å². The van der Waals surface area contributed by atoms with Gasteiger partial charge in [-0.1, -0.05) is 12.1 Å². The molecule has 0 aliphatic carbocycles. The van der Waals surface area contributed by atoms with Gasteiger partial charge in [-0.2, -0.15) is 0 Å². The highest BCUT2D eigenvalue weighted by Gasteiger charge is 2.27. The summed E-state index contributed by atoms with van der Waals surface area (Å²) in [6.07, 6.45) is 0.992. The van der Waals surface area contributed by atoms with Crippen molar-refractivity contribution < 1.29 is 9.53 Å². The molecule has 1 aliphatic rings. The number of hydrogen-bond donors (Lipinski definition) is 0. The Kier molecular flexibility index (Phi) is 4.48.